The maximum absolute atomic E-state index is 12.4. The maximum Gasteiger partial charge on any atom is 0.534 e. The minimum atomic E-state index is -5.72. The van der Waals surface area contributed by atoms with E-state index in [0.29, 0.717) is 0 Å². The first-order valence-electron chi connectivity index (χ1n) is 6.82. The van der Waals surface area contributed by atoms with E-state index in [4.69, 9.17) is 4.74 Å². The maximum atomic E-state index is 12.4. The number of halogens is 3. The van der Waals surface area contributed by atoms with Gasteiger partial charge in [0, 0.05) is 19.0 Å². The molecule has 0 aromatic heterocycles. The van der Waals surface area contributed by atoms with Gasteiger partial charge in [0.05, 0.1) is 0 Å². The molecule has 0 N–H and O–H groups in total. The summed E-state index contributed by atoms with van der Waals surface area (Å²) < 4.78 is 68.9. The summed E-state index contributed by atoms with van der Waals surface area (Å²) in [6, 6.07) is 0. The third-order valence-electron chi connectivity index (χ3n) is 2.93. The fraction of sp³-hybridized carbons (Fsp3) is 0.769. The van der Waals surface area contributed by atoms with Gasteiger partial charge in [0.25, 0.3) is 0 Å². The van der Waals surface area contributed by atoms with Gasteiger partial charge in [-0.25, -0.2) is 4.79 Å². The second-order valence-corrected chi connectivity index (χ2v) is 7.93. The summed E-state index contributed by atoms with van der Waals surface area (Å²) in [6.45, 7) is 7.87. The van der Waals surface area contributed by atoms with Gasteiger partial charge in [-0.05, 0) is 33.3 Å². The van der Waals surface area contributed by atoms with Crippen LogP contribution < -0.4 is 0 Å². The van der Waals surface area contributed by atoms with Crippen molar-refractivity contribution in [2.45, 2.75) is 45.7 Å². The van der Waals surface area contributed by atoms with E-state index < -0.39 is 33.2 Å². The van der Waals surface area contributed by atoms with Crippen LogP contribution in [0.25, 0.3) is 0 Å². The summed E-state index contributed by atoms with van der Waals surface area (Å²) in [4.78, 5) is 13.3. The van der Waals surface area contributed by atoms with Crippen molar-refractivity contribution in [2.24, 2.45) is 5.92 Å². The molecule has 0 aliphatic carbocycles. The highest BCUT2D eigenvalue weighted by Crippen LogP contribution is 2.32. The quantitative estimate of drug-likeness (QED) is 0.560. The van der Waals surface area contributed by atoms with Gasteiger partial charge in [-0.15, -0.1) is 0 Å². The Morgan fingerprint density at radius 1 is 1.26 bits per heavy atom. The number of amides is 1. The van der Waals surface area contributed by atoms with Crippen LogP contribution in [0.3, 0.4) is 0 Å². The molecule has 0 radical (unpaired) electrons. The molecule has 0 fully saturated rings. The standard InChI is InChI=1S/C13H20F3NO5S/c1-8-6-17(11(18)21-12(3,4)5)7-9(2)10(8)22-23(19,20)13(14,15)16/h8H,6-7H2,1-5H3. The molecule has 0 aromatic carbocycles. The fourth-order valence-electron chi connectivity index (χ4n) is 2.05. The van der Waals surface area contributed by atoms with Gasteiger partial charge in [0.2, 0.25) is 0 Å². The number of hydrogen-bond acceptors (Lipinski definition) is 5. The number of hydrogen-bond donors (Lipinski definition) is 0. The molecule has 0 spiro atoms. The molecule has 0 saturated heterocycles. The highest BCUT2D eigenvalue weighted by Gasteiger charge is 2.49. The van der Waals surface area contributed by atoms with Crippen LogP contribution in [0.2, 0.25) is 0 Å². The molecule has 0 saturated carbocycles. The van der Waals surface area contributed by atoms with E-state index in [2.05, 4.69) is 4.18 Å². The van der Waals surface area contributed by atoms with Gasteiger partial charge < -0.3 is 13.8 Å². The highest BCUT2D eigenvalue weighted by molar-refractivity contribution is 7.87. The third-order valence-corrected chi connectivity index (χ3v) is 3.89. The van der Waals surface area contributed by atoms with E-state index in [1.807, 2.05) is 0 Å². The van der Waals surface area contributed by atoms with Gasteiger partial charge in [0.15, 0.2) is 0 Å². The molecule has 1 rings (SSSR count). The van der Waals surface area contributed by atoms with Gasteiger partial charge in [0.1, 0.15) is 11.4 Å². The molecule has 134 valence electrons. The molecule has 1 unspecified atom stereocenters. The Kier molecular flexibility index (Phi) is 5.30. The van der Waals surface area contributed by atoms with Crippen molar-refractivity contribution in [2.75, 3.05) is 13.1 Å². The summed E-state index contributed by atoms with van der Waals surface area (Å²) in [5.41, 5.74) is -5.99. The summed E-state index contributed by atoms with van der Waals surface area (Å²) in [6.07, 6.45) is -0.624. The zero-order valence-electron chi connectivity index (χ0n) is 13.5. The van der Waals surface area contributed by atoms with E-state index in [0.717, 1.165) is 0 Å². The molecule has 10 heteroatoms. The Hall–Kier alpha value is -1.45. The minimum absolute atomic E-state index is 0.00500. The van der Waals surface area contributed by atoms with Crippen LogP contribution in [0.5, 0.6) is 0 Å². The van der Waals surface area contributed by atoms with Crippen LogP contribution in [0.15, 0.2) is 11.3 Å². The average molecular weight is 359 g/mol. The van der Waals surface area contributed by atoms with E-state index in [1.54, 1.807) is 20.8 Å². The van der Waals surface area contributed by atoms with Crippen LogP contribution in [0.4, 0.5) is 18.0 Å². The van der Waals surface area contributed by atoms with Crippen LogP contribution >= 0.6 is 0 Å². The topological polar surface area (TPSA) is 72.9 Å². The first kappa shape index (κ1) is 19.6. The Morgan fingerprint density at radius 2 is 1.78 bits per heavy atom. The van der Waals surface area contributed by atoms with Gasteiger partial charge in [-0.2, -0.15) is 21.6 Å². The summed E-state index contributed by atoms with van der Waals surface area (Å²) >= 11 is 0. The van der Waals surface area contributed by atoms with Gasteiger partial charge in [-0.1, -0.05) is 6.92 Å². The minimum Gasteiger partial charge on any atom is -0.444 e. The van der Waals surface area contributed by atoms with E-state index in [-0.39, 0.29) is 24.4 Å². The lowest BCUT2D eigenvalue weighted by molar-refractivity contribution is -0.0531. The lowest BCUT2D eigenvalue weighted by atomic mass is 10.0. The third kappa shape index (κ3) is 5.02. The Balaban J connectivity index is 2.95. The second-order valence-electron chi connectivity index (χ2n) is 6.39. The average Bonchev–Trinajstić information content (AvgIpc) is 2.29. The molecule has 1 aliphatic rings. The lowest BCUT2D eigenvalue weighted by Crippen LogP contribution is -2.44. The molecular weight excluding hydrogens is 339 g/mol. The largest absolute Gasteiger partial charge is 0.534 e. The number of alkyl halides is 3. The summed E-state index contributed by atoms with van der Waals surface area (Å²) in [5, 5.41) is 0. The molecule has 1 atom stereocenters. The molecule has 0 bridgehead atoms. The molecule has 1 aliphatic heterocycles. The van der Waals surface area contributed by atoms with Crippen molar-refractivity contribution in [3.05, 3.63) is 11.3 Å². The van der Waals surface area contributed by atoms with E-state index in [9.17, 15) is 26.4 Å². The van der Waals surface area contributed by atoms with Crippen LogP contribution in [-0.4, -0.2) is 43.6 Å². The number of ether oxygens (including phenoxy) is 1. The predicted molar refractivity (Wildman–Crippen MR) is 75.7 cm³/mol. The van der Waals surface area contributed by atoms with Crippen molar-refractivity contribution in [1.29, 1.82) is 0 Å². The van der Waals surface area contributed by atoms with Crippen molar-refractivity contribution >= 4 is 16.2 Å². The number of rotatable bonds is 2. The van der Waals surface area contributed by atoms with Crippen molar-refractivity contribution in [1.82, 2.24) is 4.90 Å². The van der Waals surface area contributed by atoms with Crippen molar-refractivity contribution in [3.8, 4) is 0 Å². The Bertz CT molecular complexity index is 604. The SMILES string of the molecule is CC1=C(OS(=O)(=O)C(F)(F)F)C(C)CN(C(=O)OC(C)(C)C)C1. The molecule has 1 amide bonds. The number of nitrogens with zero attached hydrogens (tertiary/aromatic N) is 1. The van der Waals surface area contributed by atoms with Crippen LogP contribution in [0.1, 0.15) is 34.6 Å². The molecular formula is C13H20F3NO5S. The number of carbonyl (C=O) groups excluding carboxylic acids is 1. The zero-order chi connectivity index (χ0) is 18.2. The summed E-state index contributed by atoms with van der Waals surface area (Å²) in [7, 11) is -5.72. The number of carbonyl (C=O) groups is 1. The van der Waals surface area contributed by atoms with Crippen LogP contribution in [-0.2, 0) is 19.0 Å². The normalized spacial score (nSPS) is 20.5. The first-order chi connectivity index (χ1) is 10.1. The lowest BCUT2D eigenvalue weighted by Gasteiger charge is -2.34. The van der Waals surface area contributed by atoms with E-state index >= 15 is 0 Å². The van der Waals surface area contributed by atoms with Gasteiger partial charge >= 0.3 is 21.7 Å². The van der Waals surface area contributed by atoms with Gasteiger partial charge in [-0.3, -0.25) is 0 Å². The first-order valence-corrected chi connectivity index (χ1v) is 8.23. The van der Waals surface area contributed by atoms with Crippen LogP contribution in [0, 0.1) is 5.92 Å². The second kappa shape index (κ2) is 6.21. The predicted octanol–water partition coefficient (Wildman–Crippen LogP) is 3.01. The highest BCUT2D eigenvalue weighted by atomic mass is 32.2. The van der Waals surface area contributed by atoms with Crippen molar-refractivity contribution < 1.29 is 35.3 Å². The fourth-order valence-corrected chi connectivity index (χ4v) is 2.68. The summed E-state index contributed by atoms with van der Waals surface area (Å²) in [5.74, 6) is -1.00. The molecule has 0 aromatic rings. The Morgan fingerprint density at radius 3 is 2.17 bits per heavy atom. The van der Waals surface area contributed by atoms with Crippen molar-refractivity contribution in [3.63, 3.8) is 0 Å². The van der Waals surface area contributed by atoms with E-state index in [1.165, 1.54) is 18.7 Å². The Labute approximate surface area is 133 Å². The molecule has 1 heterocycles. The monoisotopic (exact) mass is 359 g/mol. The smallest absolute Gasteiger partial charge is 0.444 e. The molecule has 23 heavy (non-hydrogen) atoms. The molecule has 6 nitrogen and oxygen atoms in total. The zero-order valence-corrected chi connectivity index (χ0v) is 14.3.